The molecule has 1 aliphatic rings. The zero-order chi connectivity index (χ0) is 17.6. The maximum atomic E-state index is 12.6. The summed E-state index contributed by atoms with van der Waals surface area (Å²) in [5.74, 6) is 0.228. The van der Waals surface area contributed by atoms with Crippen LogP contribution in [0.1, 0.15) is 38.3 Å². The molecule has 2 aromatic rings. The van der Waals surface area contributed by atoms with Crippen LogP contribution < -0.4 is 5.32 Å². The van der Waals surface area contributed by atoms with E-state index in [4.69, 9.17) is 4.74 Å². The van der Waals surface area contributed by atoms with Crippen molar-refractivity contribution in [2.45, 2.75) is 51.2 Å². The molecule has 1 fully saturated rings. The maximum absolute atomic E-state index is 12.6. The van der Waals surface area contributed by atoms with Crippen LogP contribution >= 0.6 is 0 Å². The van der Waals surface area contributed by atoms with E-state index < -0.39 is 0 Å². The van der Waals surface area contributed by atoms with Crippen LogP contribution in [0.2, 0.25) is 0 Å². The minimum atomic E-state index is -0.0647. The molecule has 0 bridgehead atoms. The number of methoxy groups -OCH3 is 1. The summed E-state index contributed by atoms with van der Waals surface area (Å²) in [5.41, 5.74) is 2.08. The number of carbonyl (C=O) groups excluding carboxylic acids is 1. The number of benzene rings is 1. The number of pyridine rings is 1. The van der Waals surface area contributed by atoms with E-state index in [1.165, 1.54) is 6.42 Å². The summed E-state index contributed by atoms with van der Waals surface area (Å²) in [5, 5.41) is 4.61. The third kappa shape index (κ3) is 4.44. The van der Waals surface area contributed by atoms with Gasteiger partial charge < -0.3 is 10.1 Å². The number of hydrogen-bond donors (Lipinski definition) is 1. The van der Waals surface area contributed by atoms with Crippen LogP contribution in [0.3, 0.4) is 0 Å². The first-order valence-corrected chi connectivity index (χ1v) is 9.32. The molecule has 0 spiro atoms. The number of ketones is 1. The van der Waals surface area contributed by atoms with E-state index in [1.54, 1.807) is 7.11 Å². The molecule has 4 nitrogen and oxygen atoms in total. The predicted molar refractivity (Wildman–Crippen MR) is 101 cm³/mol. The van der Waals surface area contributed by atoms with Gasteiger partial charge in [0.15, 0.2) is 0 Å². The van der Waals surface area contributed by atoms with Crippen molar-refractivity contribution in [3.63, 3.8) is 0 Å². The number of ether oxygens (including phenoxy) is 1. The van der Waals surface area contributed by atoms with Crippen molar-refractivity contribution in [2.24, 2.45) is 5.92 Å². The Morgan fingerprint density at radius 1 is 1.32 bits per heavy atom. The highest BCUT2D eigenvalue weighted by Gasteiger charge is 2.32. The smallest absolute Gasteiger partial charge is 0.138 e. The average Bonchev–Trinajstić information content (AvgIpc) is 3.16. The van der Waals surface area contributed by atoms with Crippen LogP contribution in [0, 0.1) is 5.92 Å². The van der Waals surface area contributed by atoms with Gasteiger partial charge in [-0.3, -0.25) is 9.78 Å². The number of carbonyl (C=O) groups is 1. The van der Waals surface area contributed by atoms with Gasteiger partial charge in [0, 0.05) is 36.6 Å². The lowest BCUT2D eigenvalue weighted by atomic mass is 9.90. The van der Waals surface area contributed by atoms with Gasteiger partial charge >= 0.3 is 0 Å². The van der Waals surface area contributed by atoms with E-state index in [-0.39, 0.29) is 12.0 Å². The van der Waals surface area contributed by atoms with Crippen molar-refractivity contribution in [1.29, 1.82) is 0 Å². The third-order valence-corrected chi connectivity index (χ3v) is 5.28. The van der Waals surface area contributed by atoms with Crippen molar-refractivity contribution in [2.75, 3.05) is 13.7 Å². The van der Waals surface area contributed by atoms with Gasteiger partial charge in [0.25, 0.3) is 0 Å². The first-order chi connectivity index (χ1) is 12.2. The van der Waals surface area contributed by atoms with Gasteiger partial charge in [-0.05, 0) is 44.4 Å². The number of para-hydroxylation sites is 1. The molecule has 1 saturated heterocycles. The second kappa shape index (κ2) is 8.54. The fourth-order valence-electron chi connectivity index (χ4n) is 3.81. The summed E-state index contributed by atoms with van der Waals surface area (Å²) >= 11 is 0. The third-order valence-electron chi connectivity index (χ3n) is 5.28. The minimum Gasteiger partial charge on any atom is -0.379 e. The van der Waals surface area contributed by atoms with E-state index in [0.717, 1.165) is 42.4 Å². The van der Waals surface area contributed by atoms with Crippen molar-refractivity contribution in [1.82, 2.24) is 10.3 Å². The lowest BCUT2D eigenvalue weighted by Gasteiger charge is -2.27. The van der Waals surface area contributed by atoms with E-state index in [1.807, 2.05) is 25.1 Å². The fourth-order valence-corrected chi connectivity index (χ4v) is 3.81. The highest BCUT2D eigenvalue weighted by Crippen LogP contribution is 2.21. The van der Waals surface area contributed by atoms with Gasteiger partial charge in [-0.25, -0.2) is 0 Å². The van der Waals surface area contributed by atoms with E-state index in [2.05, 4.69) is 28.5 Å². The highest BCUT2D eigenvalue weighted by molar-refractivity contribution is 5.81. The molecule has 0 amide bonds. The zero-order valence-electron chi connectivity index (χ0n) is 15.2. The topological polar surface area (TPSA) is 51.2 Å². The standard InChI is InChI=1S/C21H28N2O2/c1-15(21(25-2)19-10-6-14-22-19)20(24)11-5-8-17-13-12-16-7-3-4-9-18(16)23-17/h3-4,7,9,12-13,15,19,21-22H,5-6,8,10-11,14H2,1-2H3/t15-,19-,21+/m0/s1. The monoisotopic (exact) mass is 340 g/mol. The molecule has 0 saturated carbocycles. The molecule has 4 heteroatoms. The predicted octanol–water partition coefficient (Wildman–Crippen LogP) is 3.53. The van der Waals surface area contributed by atoms with E-state index in [9.17, 15) is 4.79 Å². The average molecular weight is 340 g/mol. The zero-order valence-corrected chi connectivity index (χ0v) is 15.2. The van der Waals surface area contributed by atoms with Crippen LogP contribution in [0.15, 0.2) is 36.4 Å². The Kier molecular flexibility index (Phi) is 6.16. The van der Waals surface area contributed by atoms with Crippen molar-refractivity contribution in [3.8, 4) is 0 Å². The molecule has 1 aromatic heterocycles. The molecule has 1 aromatic carbocycles. The number of aryl methyl sites for hydroxylation is 1. The van der Waals surface area contributed by atoms with E-state index >= 15 is 0 Å². The van der Waals surface area contributed by atoms with Gasteiger partial charge in [-0.1, -0.05) is 31.2 Å². The number of Topliss-reactive ketones (excluding diaryl/α,β-unsaturated/α-hetero) is 1. The van der Waals surface area contributed by atoms with Crippen LogP contribution in [-0.2, 0) is 16.0 Å². The molecule has 134 valence electrons. The Hall–Kier alpha value is -1.78. The summed E-state index contributed by atoms with van der Waals surface area (Å²) in [4.78, 5) is 17.3. The normalized spacial score (nSPS) is 19.8. The molecule has 3 rings (SSSR count). The quantitative estimate of drug-likeness (QED) is 0.799. The van der Waals surface area contributed by atoms with Gasteiger partial charge in [0.05, 0.1) is 11.6 Å². The minimum absolute atomic E-state index is 0.0196. The Balaban J connectivity index is 1.52. The summed E-state index contributed by atoms with van der Waals surface area (Å²) in [6, 6.07) is 12.6. The Labute approximate surface area is 150 Å². The Morgan fingerprint density at radius 3 is 2.92 bits per heavy atom. The molecule has 1 aliphatic heterocycles. The molecule has 3 atom stereocenters. The second-order valence-corrected chi connectivity index (χ2v) is 7.01. The summed E-state index contributed by atoms with van der Waals surface area (Å²) in [6.45, 7) is 3.03. The first kappa shape index (κ1) is 18.0. The molecular formula is C21H28N2O2. The summed E-state index contributed by atoms with van der Waals surface area (Å²) in [7, 11) is 1.72. The van der Waals surface area contributed by atoms with Gasteiger partial charge in [0.1, 0.15) is 5.78 Å². The fraction of sp³-hybridized carbons (Fsp3) is 0.524. The number of fused-ring (bicyclic) bond motifs is 1. The molecule has 0 unspecified atom stereocenters. The highest BCUT2D eigenvalue weighted by atomic mass is 16.5. The summed E-state index contributed by atoms with van der Waals surface area (Å²) in [6.07, 6.45) is 4.50. The lowest BCUT2D eigenvalue weighted by molar-refractivity contribution is -0.127. The van der Waals surface area contributed by atoms with Crippen LogP contribution in [0.4, 0.5) is 0 Å². The number of hydrogen-bond acceptors (Lipinski definition) is 4. The largest absolute Gasteiger partial charge is 0.379 e. The second-order valence-electron chi connectivity index (χ2n) is 7.01. The van der Waals surface area contributed by atoms with Crippen molar-refractivity contribution >= 4 is 16.7 Å². The molecule has 0 radical (unpaired) electrons. The maximum Gasteiger partial charge on any atom is 0.138 e. The molecule has 2 heterocycles. The SMILES string of the molecule is CO[C@@H]([C@@H]1CCCN1)[C@@H](C)C(=O)CCCc1ccc2ccccc2n1. The number of nitrogens with zero attached hydrogens (tertiary/aromatic N) is 1. The molecule has 0 aliphatic carbocycles. The number of aromatic nitrogens is 1. The van der Waals surface area contributed by atoms with Gasteiger partial charge in [-0.2, -0.15) is 0 Å². The molecule has 25 heavy (non-hydrogen) atoms. The summed E-state index contributed by atoms with van der Waals surface area (Å²) < 4.78 is 5.63. The Bertz CT molecular complexity index is 710. The number of rotatable bonds is 8. The van der Waals surface area contributed by atoms with Gasteiger partial charge in [-0.15, -0.1) is 0 Å². The number of nitrogens with one attached hydrogen (secondary N) is 1. The van der Waals surface area contributed by atoms with Crippen molar-refractivity contribution < 1.29 is 9.53 Å². The Morgan fingerprint density at radius 2 is 2.16 bits per heavy atom. The van der Waals surface area contributed by atoms with Crippen LogP contribution in [0.25, 0.3) is 10.9 Å². The van der Waals surface area contributed by atoms with Gasteiger partial charge in [0.2, 0.25) is 0 Å². The van der Waals surface area contributed by atoms with Crippen LogP contribution in [-0.4, -0.2) is 36.6 Å². The van der Waals surface area contributed by atoms with E-state index in [0.29, 0.717) is 18.2 Å². The lowest BCUT2D eigenvalue weighted by Crippen LogP contribution is -2.43. The van der Waals surface area contributed by atoms with Crippen LogP contribution in [0.5, 0.6) is 0 Å². The first-order valence-electron chi connectivity index (χ1n) is 9.32. The van der Waals surface area contributed by atoms with Crippen molar-refractivity contribution in [3.05, 3.63) is 42.1 Å². The molecular weight excluding hydrogens is 312 g/mol. The molecule has 1 N–H and O–H groups in total.